The van der Waals surface area contributed by atoms with E-state index in [1.807, 2.05) is 12.1 Å². The molecule has 0 radical (unpaired) electrons. The van der Waals surface area contributed by atoms with E-state index >= 15 is 0 Å². The third kappa shape index (κ3) is 3.04. The minimum Gasteiger partial charge on any atom is -0.380 e. The van der Waals surface area contributed by atoms with Crippen molar-refractivity contribution in [3.05, 3.63) is 28.2 Å². The lowest BCUT2D eigenvalue weighted by Gasteiger charge is -2.22. The van der Waals surface area contributed by atoms with E-state index in [-0.39, 0.29) is 5.54 Å². The summed E-state index contributed by atoms with van der Waals surface area (Å²) in [4.78, 5) is 0. The van der Waals surface area contributed by atoms with Crippen LogP contribution >= 0.6 is 15.9 Å². The molecule has 0 saturated carbocycles. The highest BCUT2D eigenvalue weighted by molar-refractivity contribution is 9.10. The first-order valence-corrected chi connectivity index (χ1v) is 5.19. The molecule has 1 N–H and O–H groups in total. The van der Waals surface area contributed by atoms with E-state index in [4.69, 9.17) is 5.26 Å². The average Bonchev–Trinajstić information content (AvgIpc) is 2.01. The molecule has 0 atom stereocenters. The van der Waals surface area contributed by atoms with Crippen molar-refractivity contribution < 1.29 is 0 Å². The Kier molecular flexibility index (Phi) is 3.17. The Bertz CT molecular complexity index is 372. The molecule has 0 fully saturated rings. The van der Waals surface area contributed by atoms with Gasteiger partial charge in [0.15, 0.2) is 0 Å². The molecule has 0 unspecified atom stereocenters. The predicted molar refractivity (Wildman–Crippen MR) is 62.2 cm³/mol. The SMILES string of the molecule is CC(C)(C)Nc1ccc(C#N)c(Br)c1. The molecule has 0 spiro atoms. The molecule has 0 saturated heterocycles. The van der Waals surface area contributed by atoms with E-state index < -0.39 is 0 Å². The molecule has 0 aliphatic heterocycles. The van der Waals surface area contributed by atoms with Crippen LogP contribution < -0.4 is 5.32 Å². The van der Waals surface area contributed by atoms with Crippen molar-refractivity contribution >= 4 is 21.6 Å². The number of anilines is 1. The van der Waals surface area contributed by atoms with E-state index in [0.717, 1.165) is 10.2 Å². The van der Waals surface area contributed by atoms with E-state index in [1.165, 1.54) is 0 Å². The molecular weight excluding hydrogens is 240 g/mol. The molecule has 1 aromatic carbocycles. The lowest BCUT2D eigenvalue weighted by molar-refractivity contribution is 0.634. The largest absolute Gasteiger partial charge is 0.380 e. The summed E-state index contributed by atoms with van der Waals surface area (Å²) in [5.41, 5.74) is 1.71. The van der Waals surface area contributed by atoms with Crippen molar-refractivity contribution in [2.24, 2.45) is 0 Å². The van der Waals surface area contributed by atoms with Crippen molar-refractivity contribution in [3.8, 4) is 6.07 Å². The van der Waals surface area contributed by atoms with Crippen molar-refractivity contribution in [2.45, 2.75) is 26.3 Å². The molecule has 3 heteroatoms. The summed E-state index contributed by atoms with van der Waals surface area (Å²) < 4.78 is 0.828. The summed E-state index contributed by atoms with van der Waals surface area (Å²) in [5.74, 6) is 0. The molecule has 74 valence electrons. The van der Waals surface area contributed by atoms with Crippen LogP contribution in [-0.2, 0) is 0 Å². The predicted octanol–water partition coefficient (Wildman–Crippen LogP) is 3.53. The molecule has 1 rings (SSSR count). The van der Waals surface area contributed by atoms with Gasteiger partial charge in [0.1, 0.15) is 6.07 Å². The smallest absolute Gasteiger partial charge is 0.100 e. The fourth-order valence-electron chi connectivity index (χ4n) is 1.12. The van der Waals surface area contributed by atoms with E-state index in [1.54, 1.807) is 6.07 Å². The van der Waals surface area contributed by atoms with Gasteiger partial charge in [-0.1, -0.05) is 0 Å². The Morgan fingerprint density at radius 2 is 2.00 bits per heavy atom. The van der Waals surface area contributed by atoms with Gasteiger partial charge >= 0.3 is 0 Å². The highest BCUT2D eigenvalue weighted by Gasteiger charge is 2.09. The second-order valence-corrected chi connectivity index (χ2v) is 5.04. The topological polar surface area (TPSA) is 35.8 Å². The standard InChI is InChI=1S/C11H13BrN2/c1-11(2,3)14-9-5-4-8(7-13)10(12)6-9/h4-6,14H,1-3H3. The second-order valence-electron chi connectivity index (χ2n) is 4.18. The summed E-state index contributed by atoms with van der Waals surface area (Å²) in [6, 6.07) is 7.75. The molecule has 1 aromatic rings. The first kappa shape index (κ1) is 11.1. The molecule has 2 nitrogen and oxygen atoms in total. The number of halogens is 1. The van der Waals surface area contributed by atoms with Crippen LogP contribution in [-0.4, -0.2) is 5.54 Å². The zero-order valence-electron chi connectivity index (χ0n) is 8.56. The molecule has 0 heterocycles. The second kappa shape index (κ2) is 4.02. The zero-order chi connectivity index (χ0) is 10.8. The van der Waals surface area contributed by atoms with E-state index in [9.17, 15) is 0 Å². The first-order chi connectivity index (χ1) is 6.42. The highest BCUT2D eigenvalue weighted by atomic mass is 79.9. The van der Waals surface area contributed by atoms with Crippen molar-refractivity contribution in [3.63, 3.8) is 0 Å². The summed E-state index contributed by atoms with van der Waals surface area (Å²) in [5, 5.41) is 12.1. The van der Waals surface area contributed by atoms with Crippen LogP contribution in [0.3, 0.4) is 0 Å². The van der Waals surface area contributed by atoms with Crippen LogP contribution in [0.5, 0.6) is 0 Å². The van der Waals surface area contributed by atoms with Gasteiger partial charge < -0.3 is 5.32 Å². The van der Waals surface area contributed by atoms with Crippen LogP contribution in [0.25, 0.3) is 0 Å². The number of nitrogens with zero attached hydrogens (tertiary/aromatic N) is 1. The lowest BCUT2D eigenvalue weighted by atomic mass is 10.1. The Morgan fingerprint density at radius 3 is 2.43 bits per heavy atom. The quantitative estimate of drug-likeness (QED) is 0.830. The van der Waals surface area contributed by atoms with Gasteiger partial charge in [0.05, 0.1) is 5.56 Å². The maximum Gasteiger partial charge on any atom is 0.100 e. The fourth-order valence-corrected chi connectivity index (χ4v) is 1.58. The minimum atomic E-state index is 0.0353. The Labute approximate surface area is 93.1 Å². The first-order valence-electron chi connectivity index (χ1n) is 4.40. The molecular formula is C11H13BrN2. The van der Waals surface area contributed by atoms with Crippen molar-refractivity contribution in [2.75, 3.05) is 5.32 Å². The van der Waals surface area contributed by atoms with Crippen LogP contribution in [0.2, 0.25) is 0 Å². The lowest BCUT2D eigenvalue weighted by Crippen LogP contribution is -2.25. The number of nitrogens with one attached hydrogen (secondary N) is 1. The van der Waals surface area contributed by atoms with Gasteiger partial charge in [0.2, 0.25) is 0 Å². The summed E-state index contributed by atoms with van der Waals surface area (Å²) in [7, 11) is 0. The van der Waals surface area contributed by atoms with Gasteiger partial charge in [-0.2, -0.15) is 5.26 Å². The van der Waals surface area contributed by atoms with Crippen LogP contribution in [0.1, 0.15) is 26.3 Å². The van der Waals surface area contributed by atoms with Gasteiger partial charge in [0, 0.05) is 15.7 Å². The normalized spacial score (nSPS) is 10.8. The van der Waals surface area contributed by atoms with Gasteiger partial charge in [-0.3, -0.25) is 0 Å². The monoisotopic (exact) mass is 252 g/mol. The molecule has 0 aliphatic rings. The summed E-state index contributed by atoms with van der Waals surface area (Å²) in [6.45, 7) is 6.29. The maximum atomic E-state index is 8.74. The number of benzene rings is 1. The van der Waals surface area contributed by atoms with Crippen LogP contribution in [0, 0.1) is 11.3 Å². The molecule has 0 aromatic heterocycles. The van der Waals surface area contributed by atoms with E-state index in [2.05, 4.69) is 48.1 Å². The molecule has 0 bridgehead atoms. The molecule has 0 aliphatic carbocycles. The molecule has 0 amide bonds. The Morgan fingerprint density at radius 1 is 1.36 bits per heavy atom. The van der Waals surface area contributed by atoms with Crippen molar-refractivity contribution in [1.82, 2.24) is 0 Å². The van der Waals surface area contributed by atoms with Crippen LogP contribution in [0.4, 0.5) is 5.69 Å². The maximum absolute atomic E-state index is 8.74. The van der Waals surface area contributed by atoms with Gasteiger partial charge in [-0.25, -0.2) is 0 Å². The number of rotatable bonds is 1. The third-order valence-electron chi connectivity index (χ3n) is 1.61. The third-order valence-corrected chi connectivity index (χ3v) is 2.26. The summed E-state index contributed by atoms with van der Waals surface area (Å²) in [6.07, 6.45) is 0. The molecule has 14 heavy (non-hydrogen) atoms. The average molecular weight is 253 g/mol. The van der Waals surface area contributed by atoms with Crippen molar-refractivity contribution in [1.29, 1.82) is 5.26 Å². The van der Waals surface area contributed by atoms with Gasteiger partial charge in [-0.05, 0) is 54.9 Å². The van der Waals surface area contributed by atoms with Gasteiger partial charge in [0.25, 0.3) is 0 Å². The van der Waals surface area contributed by atoms with Gasteiger partial charge in [-0.15, -0.1) is 0 Å². The highest BCUT2D eigenvalue weighted by Crippen LogP contribution is 2.22. The fraction of sp³-hybridized carbons (Fsp3) is 0.364. The zero-order valence-corrected chi connectivity index (χ0v) is 10.1. The van der Waals surface area contributed by atoms with Crippen LogP contribution in [0.15, 0.2) is 22.7 Å². The van der Waals surface area contributed by atoms with E-state index in [0.29, 0.717) is 5.56 Å². The number of hydrogen-bond acceptors (Lipinski definition) is 2. The Hall–Kier alpha value is -1.01. The Balaban J connectivity index is 2.94. The number of nitriles is 1. The minimum absolute atomic E-state index is 0.0353. The number of hydrogen-bond donors (Lipinski definition) is 1. The summed E-state index contributed by atoms with van der Waals surface area (Å²) >= 11 is 3.35.